The van der Waals surface area contributed by atoms with E-state index in [1.54, 1.807) is 26.4 Å². The van der Waals surface area contributed by atoms with Crippen molar-refractivity contribution >= 4 is 0 Å². The van der Waals surface area contributed by atoms with Crippen LogP contribution in [0.3, 0.4) is 0 Å². The minimum Gasteiger partial charge on any atom is -0.497 e. The second kappa shape index (κ2) is 8.49. The van der Waals surface area contributed by atoms with Crippen LogP contribution < -0.4 is 15.0 Å². The van der Waals surface area contributed by atoms with Crippen LogP contribution in [0.15, 0.2) is 35.1 Å². The van der Waals surface area contributed by atoms with Crippen LogP contribution >= 0.6 is 0 Å². The van der Waals surface area contributed by atoms with Crippen molar-refractivity contribution in [3.8, 4) is 22.8 Å². The topological polar surface area (TPSA) is 56.6 Å². The van der Waals surface area contributed by atoms with E-state index in [1.165, 1.54) is 4.68 Å². The highest BCUT2D eigenvalue weighted by atomic mass is 16.5. The van der Waals surface area contributed by atoms with Crippen LogP contribution in [-0.2, 0) is 6.54 Å². The summed E-state index contributed by atoms with van der Waals surface area (Å²) in [6.45, 7) is 7.49. The molecule has 0 N–H and O–H groups in total. The maximum absolute atomic E-state index is 12.1. The highest BCUT2D eigenvalue weighted by molar-refractivity contribution is 5.68. The second-order valence-electron chi connectivity index (χ2n) is 5.37. The van der Waals surface area contributed by atoms with Gasteiger partial charge in [0.2, 0.25) is 0 Å². The highest BCUT2D eigenvalue weighted by Gasteiger charge is 2.11. The van der Waals surface area contributed by atoms with E-state index in [2.05, 4.69) is 23.8 Å². The summed E-state index contributed by atoms with van der Waals surface area (Å²) in [5.41, 5.74) is 1.43. The quantitative estimate of drug-likeness (QED) is 0.743. The molecule has 130 valence electrons. The molecule has 0 aliphatic rings. The molecule has 2 rings (SSSR count). The molecule has 1 aromatic heterocycles. The third-order valence-electron chi connectivity index (χ3n) is 4.07. The Balaban J connectivity index is 2.32. The molecule has 0 aliphatic carbocycles. The SMILES string of the molecule is CCN(CC)CCn1nc(-c2ccc(OC)cc2OC)ccc1=O. The molecule has 0 spiro atoms. The Hall–Kier alpha value is -2.34. The fourth-order valence-electron chi connectivity index (χ4n) is 2.54. The molecule has 0 unspecified atom stereocenters. The number of benzene rings is 1. The van der Waals surface area contributed by atoms with Crippen molar-refractivity contribution in [1.82, 2.24) is 14.7 Å². The summed E-state index contributed by atoms with van der Waals surface area (Å²) in [5.74, 6) is 1.38. The van der Waals surface area contributed by atoms with Gasteiger partial charge in [-0.3, -0.25) is 4.79 Å². The van der Waals surface area contributed by atoms with Crippen molar-refractivity contribution in [2.45, 2.75) is 20.4 Å². The van der Waals surface area contributed by atoms with Gasteiger partial charge in [-0.2, -0.15) is 5.10 Å². The van der Waals surface area contributed by atoms with E-state index in [1.807, 2.05) is 18.2 Å². The first-order chi connectivity index (χ1) is 11.6. The third kappa shape index (κ3) is 4.14. The standard InChI is InChI=1S/C18H25N3O3/c1-5-20(6-2)11-12-21-18(22)10-9-16(19-21)15-8-7-14(23-3)13-17(15)24-4/h7-10,13H,5-6,11-12H2,1-4H3. The van der Waals surface area contributed by atoms with E-state index in [9.17, 15) is 4.79 Å². The number of hydrogen-bond donors (Lipinski definition) is 0. The lowest BCUT2D eigenvalue weighted by Crippen LogP contribution is -2.32. The lowest BCUT2D eigenvalue weighted by atomic mass is 10.1. The van der Waals surface area contributed by atoms with Crippen molar-refractivity contribution in [2.24, 2.45) is 0 Å². The van der Waals surface area contributed by atoms with Gasteiger partial charge in [0.15, 0.2) is 0 Å². The Labute approximate surface area is 142 Å². The fraction of sp³-hybridized carbons (Fsp3) is 0.444. The van der Waals surface area contributed by atoms with Gasteiger partial charge in [0.05, 0.1) is 26.5 Å². The van der Waals surface area contributed by atoms with Crippen molar-refractivity contribution < 1.29 is 9.47 Å². The molecule has 0 radical (unpaired) electrons. The van der Waals surface area contributed by atoms with E-state index >= 15 is 0 Å². The van der Waals surface area contributed by atoms with Crippen LogP contribution in [0.1, 0.15) is 13.8 Å². The van der Waals surface area contributed by atoms with Gasteiger partial charge in [0.1, 0.15) is 11.5 Å². The van der Waals surface area contributed by atoms with Gasteiger partial charge >= 0.3 is 0 Å². The van der Waals surface area contributed by atoms with E-state index in [-0.39, 0.29) is 5.56 Å². The summed E-state index contributed by atoms with van der Waals surface area (Å²) >= 11 is 0. The summed E-state index contributed by atoms with van der Waals surface area (Å²) in [4.78, 5) is 14.3. The predicted molar refractivity (Wildman–Crippen MR) is 94.8 cm³/mol. The van der Waals surface area contributed by atoms with Crippen LogP contribution in [0.5, 0.6) is 11.5 Å². The average molecular weight is 331 g/mol. The maximum atomic E-state index is 12.1. The molecular formula is C18H25N3O3. The number of aromatic nitrogens is 2. The summed E-state index contributed by atoms with van der Waals surface area (Å²) < 4.78 is 12.2. The predicted octanol–water partition coefficient (Wildman–Crippen LogP) is 2.27. The smallest absolute Gasteiger partial charge is 0.266 e. The number of methoxy groups -OCH3 is 2. The number of nitrogens with zero attached hydrogens (tertiary/aromatic N) is 3. The third-order valence-corrected chi connectivity index (χ3v) is 4.07. The number of ether oxygens (including phenoxy) is 2. The summed E-state index contributed by atoms with van der Waals surface area (Å²) in [7, 11) is 3.22. The first kappa shape index (κ1) is 18.0. The van der Waals surface area contributed by atoms with Crippen LogP contribution in [-0.4, -0.2) is 48.5 Å². The highest BCUT2D eigenvalue weighted by Crippen LogP contribution is 2.31. The molecule has 6 heteroatoms. The minimum atomic E-state index is -0.0987. The lowest BCUT2D eigenvalue weighted by molar-refractivity contribution is 0.283. The first-order valence-corrected chi connectivity index (χ1v) is 8.15. The molecular weight excluding hydrogens is 306 g/mol. The van der Waals surface area contributed by atoms with E-state index in [4.69, 9.17) is 9.47 Å². The van der Waals surface area contributed by atoms with Crippen molar-refractivity contribution in [2.75, 3.05) is 33.9 Å². The lowest BCUT2D eigenvalue weighted by Gasteiger charge is -2.18. The Morgan fingerprint density at radius 3 is 2.46 bits per heavy atom. The normalized spacial score (nSPS) is 10.9. The van der Waals surface area contributed by atoms with Crippen LogP contribution in [0.25, 0.3) is 11.3 Å². The zero-order valence-corrected chi connectivity index (χ0v) is 14.8. The molecule has 0 fully saturated rings. The molecule has 0 aliphatic heterocycles. The summed E-state index contributed by atoms with van der Waals surface area (Å²) in [6.07, 6.45) is 0. The van der Waals surface area contributed by atoms with Gasteiger partial charge in [-0.15, -0.1) is 0 Å². The molecule has 0 atom stereocenters. The van der Waals surface area contributed by atoms with E-state index < -0.39 is 0 Å². The fourth-order valence-corrected chi connectivity index (χ4v) is 2.54. The largest absolute Gasteiger partial charge is 0.497 e. The molecule has 2 aromatic rings. The van der Waals surface area contributed by atoms with E-state index in [0.717, 1.165) is 25.2 Å². The zero-order valence-electron chi connectivity index (χ0n) is 14.8. The summed E-state index contributed by atoms with van der Waals surface area (Å²) in [6, 6.07) is 8.82. The van der Waals surface area contributed by atoms with Gasteiger partial charge < -0.3 is 14.4 Å². The monoisotopic (exact) mass is 331 g/mol. The molecule has 1 heterocycles. The molecule has 0 saturated heterocycles. The van der Waals surface area contributed by atoms with Gasteiger partial charge in [0, 0.05) is 24.2 Å². The Morgan fingerprint density at radius 2 is 1.83 bits per heavy atom. The molecule has 0 saturated carbocycles. The molecule has 6 nitrogen and oxygen atoms in total. The molecule has 0 amide bonds. The van der Waals surface area contributed by atoms with Gasteiger partial charge in [-0.05, 0) is 31.3 Å². The second-order valence-corrected chi connectivity index (χ2v) is 5.37. The Bertz CT molecular complexity index is 724. The van der Waals surface area contributed by atoms with Crippen molar-refractivity contribution in [3.05, 3.63) is 40.7 Å². The zero-order chi connectivity index (χ0) is 17.5. The van der Waals surface area contributed by atoms with Gasteiger partial charge in [-0.1, -0.05) is 13.8 Å². The first-order valence-electron chi connectivity index (χ1n) is 8.15. The van der Waals surface area contributed by atoms with Crippen molar-refractivity contribution in [3.63, 3.8) is 0 Å². The number of likely N-dealkylation sites (N-methyl/N-ethyl adjacent to an activating group) is 1. The number of rotatable bonds is 8. The average Bonchev–Trinajstić information content (AvgIpc) is 2.63. The molecule has 0 bridgehead atoms. The van der Waals surface area contributed by atoms with Gasteiger partial charge in [0.25, 0.3) is 5.56 Å². The van der Waals surface area contributed by atoms with Crippen molar-refractivity contribution in [1.29, 1.82) is 0 Å². The van der Waals surface area contributed by atoms with Crippen LogP contribution in [0, 0.1) is 0 Å². The van der Waals surface area contributed by atoms with Crippen LogP contribution in [0.4, 0.5) is 0 Å². The minimum absolute atomic E-state index is 0.0987. The summed E-state index contributed by atoms with van der Waals surface area (Å²) in [5, 5.41) is 4.50. The molecule has 24 heavy (non-hydrogen) atoms. The Morgan fingerprint density at radius 1 is 1.08 bits per heavy atom. The van der Waals surface area contributed by atoms with Crippen LogP contribution in [0.2, 0.25) is 0 Å². The maximum Gasteiger partial charge on any atom is 0.266 e. The Kier molecular flexibility index (Phi) is 6.37. The number of hydrogen-bond acceptors (Lipinski definition) is 5. The molecule has 1 aromatic carbocycles. The van der Waals surface area contributed by atoms with Gasteiger partial charge in [-0.25, -0.2) is 4.68 Å². The van der Waals surface area contributed by atoms with E-state index in [0.29, 0.717) is 23.7 Å².